The van der Waals surface area contributed by atoms with Crippen LogP contribution in [-0.4, -0.2) is 9.55 Å². The van der Waals surface area contributed by atoms with Crippen LogP contribution in [0.15, 0.2) is 41.2 Å². The molecule has 4 rings (SSSR count). The minimum absolute atomic E-state index is 0.197. The highest BCUT2D eigenvalue weighted by molar-refractivity contribution is 5.78. The van der Waals surface area contributed by atoms with Crippen molar-refractivity contribution in [3.8, 4) is 5.69 Å². The number of para-hydroxylation sites is 1. The molecule has 20 heavy (non-hydrogen) atoms. The van der Waals surface area contributed by atoms with Crippen molar-refractivity contribution in [2.75, 3.05) is 0 Å². The first-order valence-corrected chi connectivity index (χ1v) is 6.45. The van der Waals surface area contributed by atoms with Crippen LogP contribution in [0.4, 0.5) is 4.39 Å². The third-order valence-electron chi connectivity index (χ3n) is 3.79. The van der Waals surface area contributed by atoms with Gasteiger partial charge in [0.15, 0.2) is 0 Å². The van der Waals surface area contributed by atoms with Crippen LogP contribution in [0.5, 0.6) is 0 Å². The predicted molar refractivity (Wildman–Crippen MR) is 74.8 cm³/mol. The van der Waals surface area contributed by atoms with Crippen molar-refractivity contribution in [1.29, 1.82) is 0 Å². The Morgan fingerprint density at radius 3 is 2.95 bits per heavy atom. The van der Waals surface area contributed by atoms with Gasteiger partial charge in [-0.2, -0.15) is 0 Å². The summed E-state index contributed by atoms with van der Waals surface area (Å²) in [5.74, 6) is 0.304. The number of fused-ring (bicyclic) bond motifs is 4. The molecule has 0 aliphatic carbocycles. The van der Waals surface area contributed by atoms with Gasteiger partial charge in [0, 0.05) is 6.42 Å². The van der Waals surface area contributed by atoms with Gasteiger partial charge in [-0.1, -0.05) is 18.2 Å². The molecule has 0 saturated heterocycles. The Morgan fingerprint density at radius 1 is 1.25 bits per heavy atom. The summed E-state index contributed by atoms with van der Waals surface area (Å²) in [6.45, 7) is 1.97. The summed E-state index contributed by atoms with van der Waals surface area (Å²) < 4.78 is 15.0. The molecule has 3 aromatic rings. The maximum absolute atomic E-state index is 13.4. The molecule has 1 aromatic heterocycles. The van der Waals surface area contributed by atoms with Gasteiger partial charge in [0.1, 0.15) is 11.6 Å². The van der Waals surface area contributed by atoms with E-state index >= 15 is 0 Å². The Hall–Kier alpha value is -2.49. The molecular formula is C16H11FN2O. The second kappa shape index (κ2) is 3.76. The fraction of sp³-hybridized carbons (Fsp3) is 0.125. The van der Waals surface area contributed by atoms with E-state index in [1.807, 2.05) is 25.1 Å². The van der Waals surface area contributed by atoms with Crippen LogP contribution in [0.1, 0.15) is 17.0 Å². The highest BCUT2D eigenvalue weighted by Gasteiger charge is 2.23. The van der Waals surface area contributed by atoms with Crippen molar-refractivity contribution in [3.05, 3.63) is 69.5 Å². The van der Waals surface area contributed by atoms with Crippen LogP contribution < -0.4 is 5.56 Å². The Balaban J connectivity index is 2.17. The van der Waals surface area contributed by atoms with Crippen LogP contribution >= 0.6 is 0 Å². The number of hydrogen-bond donors (Lipinski definition) is 0. The van der Waals surface area contributed by atoms with Gasteiger partial charge in [0.05, 0.1) is 16.6 Å². The molecule has 0 saturated carbocycles. The van der Waals surface area contributed by atoms with E-state index in [9.17, 15) is 9.18 Å². The normalized spacial score (nSPS) is 12.5. The van der Waals surface area contributed by atoms with Gasteiger partial charge < -0.3 is 0 Å². The first-order valence-electron chi connectivity index (χ1n) is 6.45. The first-order chi connectivity index (χ1) is 9.65. The molecule has 0 atom stereocenters. The Labute approximate surface area is 114 Å². The zero-order valence-electron chi connectivity index (χ0n) is 10.9. The van der Waals surface area contributed by atoms with Gasteiger partial charge in [0.25, 0.3) is 5.56 Å². The maximum Gasteiger partial charge on any atom is 0.266 e. The largest absolute Gasteiger partial charge is 0.268 e. The van der Waals surface area contributed by atoms with Crippen LogP contribution in [-0.2, 0) is 6.42 Å². The predicted octanol–water partition coefficient (Wildman–Crippen LogP) is 2.74. The number of aromatic nitrogens is 2. The zero-order chi connectivity index (χ0) is 13.9. The SMILES string of the molecule is Cc1cccc2c1-n1c(nc3ccc(F)cc3c1=O)C2. The van der Waals surface area contributed by atoms with E-state index < -0.39 is 5.82 Å². The summed E-state index contributed by atoms with van der Waals surface area (Å²) in [6.07, 6.45) is 0.638. The molecule has 1 aliphatic rings. The van der Waals surface area contributed by atoms with Crippen LogP contribution in [0.25, 0.3) is 16.6 Å². The van der Waals surface area contributed by atoms with Gasteiger partial charge in [-0.15, -0.1) is 0 Å². The lowest BCUT2D eigenvalue weighted by Crippen LogP contribution is -2.21. The average Bonchev–Trinajstić information content (AvgIpc) is 2.80. The molecule has 0 amide bonds. The number of benzene rings is 2. The fourth-order valence-corrected chi connectivity index (χ4v) is 2.91. The monoisotopic (exact) mass is 266 g/mol. The van der Waals surface area contributed by atoms with Gasteiger partial charge in [-0.05, 0) is 36.2 Å². The minimum Gasteiger partial charge on any atom is -0.268 e. The number of halogens is 1. The van der Waals surface area contributed by atoms with Crippen molar-refractivity contribution in [2.24, 2.45) is 0 Å². The molecular weight excluding hydrogens is 255 g/mol. The molecule has 2 aromatic carbocycles. The van der Waals surface area contributed by atoms with Gasteiger partial charge in [-0.25, -0.2) is 9.37 Å². The summed E-state index contributed by atoms with van der Waals surface area (Å²) in [7, 11) is 0. The van der Waals surface area contributed by atoms with Crippen LogP contribution in [0.2, 0.25) is 0 Å². The highest BCUT2D eigenvalue weighted by Crippen LogP contribution is 2.28. The molecule has 0 N–H and O–H groups in total. The molecule has 1 aliphatic heterocycles. The standard InChI is InChI=1S/C16H11FN2O/c1-9-3-2-4-10-7-14-18-13-6-5-11(17)8-12(13)16(20)19(14)15(9)10/h2-6,8H,7H2,1H3. The second-order valence-electron chi connectivity index (χ2n) is 5.09. The summed E-state index contributed by atoms with van der Waals surface area (Å²) in [5.41, 5.74) is 3.36. The van der Waals surface area contributed by atoms with Crippen molar-refractivity contribution < 1.29 is 4.39 Å². The van der Waals surface area contributed by atoms with E-state index in [0.717, 1.165) is 22.6 Å². The van der Waals surface area contributed by atoms with E-state index in [2.05, 4.69) is 4.98 Å². The third-order valence-corrected chi connectivity index (χ3v) is 3.79. The lowest BCUT2D eigenvalue weighted by Gasteiger charge is -2.08. The molecule has 2 heterocycles. The Morgan fingerprint density at radius 2 is 2.10 bits per heavy atom. The summed E-state index contributed by atoms with van der Waals surface area (Å²) in [6, 6.07) is 10.1. The molecule has 98 valence electrons. The summed E-state index contributed by atoms with van der Waals surface area (Å²) >= 11 is 0. The van der Waals surface area contributed by atoms with Crippen LogP contribution in [0.3, 0.4) is 0 Å². The Bertz CT molecular complexity index is 928. The Kier molecular flexibility index (Phi) is 2.13. The number of rotatable bonds is 0. The highest BCUT2D eigenvalue weighted by atomic mass is 19.1. The van der Waals surface area contributed by atoms with E-state index in [1.54, 1.807) is 10.6 Å². The van der Waals surface area contributed by atoms with Gasteiger partial charge in [-0.3, -0.25) is 9.36 Å². The second-order valence-corrected chi connectivity index (χ2v) is 5.09. The van der Waals surface area contributed by atoms with Crippen molar-refractivity contribution in [2.45, 2.75) is 13.3 Å². The molecule has 0 spiro atoms. The summed E-state index contributed by atoms with van der Waals surface area (Å²) in [5, 5.41) is 0.324. The lowest BCUT2D eigenvalue weighted by atomic mass is 10.1. The maximum atomic E-state index is 13.4. The fourth-order valence-electron chi connectivity index (χ4n) is 2.91. The van der Waals surface area contributed by atoms with Crippen molar-refractivity contribution in [1.82, 2.24) is 9.55 Å². The lowest BCUT2D eigenvalue weighted by molar-refractivity contribution is 0.629. The smallest absolute Gasteiger partial charge is 0.266 e. The average molecular weight is 266 g/mol. The summed E-state index contributed by atoms with van der Waals surface area (Å²) in [4.78, 5) is 17.2. The molecule has 4 heteroatoms. The van der Waals surface area contributed by atoms with E-state index in [4.69, 9.17) is 0 Å². The number of hydrogen-bond acceptors (Lipinski definition) is 2. The molecule has 0 fully saturated rings. The van der Waals surface area contributed by atoms with Crippen molar-refractivity contribution >= 4 is 10.9 Å². The van der Waals surface area contributed by atoms with E-state index in [-0.39, 0.29) is 5.56 Å². The topological polar surface area (TPSA) is 34.9 Å². The van der Waals surface area contributed by atoms with Gasteiger partial charge in [0.2, 0.25) is 0 Å². The van der Waals surface area contributed by atoms with Gasteiger partial charge >= 0.3 is 0 Å². The molecule has 3 nitrogen and oxygen atoms in total. The zero-order valence-corrected chi connectivity index (χ0v) is 10.9. The number of nitrogens with zero attached hydrogens (tertiary/aromatic N) is 2. The van der Waals surface area contributed by atoms with Crippen LogP contribution in [0, 0.1) is 12.7 Å². The van der Waals surface area contributed by atoms with E-state index in [1.165, 1.54) is 12.1 Å². The van der Waals surface area contributed by atoms with Crippen molar-refractivity contribution in [3.63, 3.8) is 0 Å². The first kappa shape index (κ1) is 11.3. The molecule has 0 bridgehead atoms. The number of aryl methyl sites for hydroxylation is 1. The minimum atomic E-state index is -0.417. The molecule has 0 unspecified atom stereocenters. The molecule has 0 radical (unpaired) electrons. The van der Waals surface area contributed by atoms with E-state index in [0.29, 0.717) is 17.3 Å². The quantitative estimate of drug-likeness (QED) is 0.490. The third kappa shape index (κ3) is 1.39.